The van der Waals surface area contributed by atoms with Crippen LogP contribution >= 0.6 is 34.5 Å². The number of nitrogens with one attached hydrogen (secondary N) is 2. The summed E-state index contributed by atoms with van der Waals surface area (Å²) in [6.45, 7) is 11.7. The Morgan fingerprint density at radius 2 is 1.88 bits per heavy atom. The molecule has 40 heavy (non-hydrogen) atoms. The van der Waals surface area contributed by atoms with E-state index in [0.29, 0.717) is 16.7 Å². The van der Waals surface area contributed by atoms with Crippen LogP contribution in [0.5, 0.6) is 0 Å². The van der Waals surface area contributed by atoms with Crippen molar-refractivity contribution in [1.82, 2.24) is 19.9 Å². The maximum Gasteiger partial charge on any atom is 0.324 e. The second-order valence-electron chi connectivity index (χ2n) is 10.9. The van der Waals surface area contributed by atoms with E-state index in [4.69, 9.17) is 27.7 Å². The first-order valence-electron chi connectivity index (χ1n) is 12.4. The highest BCUT2D eigenvalue weighted by Crippen LogP contribution is 2.39. The van der Waals surface area contributed by atoms with Gasteiger partial charge in [-0.2, -0.15) is 4.98 Å². The van der Waals surface area contributed by atoms with E-state index in [2.05, 4.69) is 20.8 Å². The van der Waals surface area contributed by atoms with Crippen molar-refractivity contribution in [3.8, 4) is 0 Å². The van der Waals surface area contributed by atoms with E-state index in [1.807, 2.05) is 20.8 Å². The Morgan fingerprint density at radius 3 is 2.50 bits per heavy atom. The monoisotopic (exact) mass is 610 g/mol. The van der Waals surface area contributed by atoms with Gasteiger partial charge in [0, 0.05) is 18.0 Å². The van der Waals surface area contributed by atoms with Crippen LogP contribution in [-0.2, 0) is 16.8 Å². The molecule has 0 saturated carbocycles. The fourth-order valence-corrected chi connectivity index (χ4v) is 5.68. The number of amides is 4. The average Bonchev–Trinajstić information content (AvgIpc) is 3.48. The van der Waals surface area contributed by atoms with Gasteiger partial charge in [0.25, 0.3) is 5.91 Å². The van der Waals surface area contributed by atoms with Crippen LogP contribution in [0, 0.1) is 12.7 Å². The van der Waals surface area contributed by atoms with Crippen molar-refractivity contribution in [3.05, 3.63) is 56.2 Å². The van der Waals surface area contributed by atoms with E-state index in [0.717, 1.165) is 10.9 Å². The van der Waals surface area contributed by atoms with Crippen LogP contribution < -0.4 is 10.6 Å². The molecule has 0 bridgehead atoms. The minimum absolute atomic E-state index is 0.102. The van der Waals surface area contributed by atoms with Gasteiger partial charge >= 0.3 is 6.03 Å². The van der Waals surface area contributed by atoms with Crippen LogP contribution in [0.1, 0.15) is 61.6 Å². The summed E-state index contributed by atoms with van der Waals surface area (Å²) in [5.41, 5.74) is -1.16. The molecular formula is C26H29Cl2FN6O4S. The molecule has 214 valence electrons. The topological polar surface area (TPSA) is 121 Å². The van der Waals surface area contributed by atoms with Gasteiger partial charge in [0.15, 0.2) is 5.82 Å². The Balaban J connectivity index is 1.58. The molecule has 4 rings (SSSR count). The second kappa shape index (κ2) is 11.0. The molecule has 1 fully saturated rings. The molecule has 10 nitrogen and oxygen atoms in total. The number of halogens is 3. The van der Waals surface area contributed by atoms with Gasteiger partial charge in [-0.25, -0.2) is 9.18 Å². The molecule has 3 heterocycles. The number of piperazine rings is 1. The van der Waals surface area contributed by atoms with Crippen LogP contribution in [0.4, 0.5) is 19.9 Å². The van der Waals surface area contributed by atoms with E-state index in [1.54, 1.807) is 31.7 Å². The molecule has 0 unspecified atom stereocenters. The second-order valence-corrected chi connectivity index (χ2v) is 12.7. The lowest BCUT2D eigenvalue weighted by molar-refractivity contribution is -0.147. The molecule has 4 amide bonds. The number of aryl methyl sites for hydroxylation is 1. The zero-order valence-electron chi connectivity index (χ0n) is 22.8. The van der Waals surface area contributed by atoms with Gasteiger partial charge in [-0.1, -0.05) is 49.1 Å². The number of hydrogen-bond acceptors (Lipinski definition) is 7. The first-order chi connectivity index (χ1) is 18.6. The standard InChI is InChI=1S/C26H29Cl2FN6O4S/c1-13-30-18(39-33-13)12-34-9-10-35(26(5,6)23(34)37)22(36)14-11-17(25(2,3)4)40-21(14)32-24(38)31-16-8-7-15(29)19(27)20(16)28/h7-8,11H,9-10,12H2,1-6H3,(H2,31,32,38). The summed E-state index contributed by atoms with van der Waals surface area (Å²) in [7, 11) is 0. The van der Waals surface area contributed by atoms with Crippen molar-refractivity contribution < 1.29 is 23.3 Å². The number of rotatable bonds is 5. The molecule has 2 N–H and O–H groups in total. The Morgan fingerprint density at radius 1 is 1.18 bits per heavy atom. The number of urea groups is 1. The van der Waals surface area contributed by atoms with Gasteiger partial charge < -0.3 is 19.6 Å². The number of thiophene rings is 1. The smallest absolute Gasteiger partial charge is 0.324 e. The highest BCUT2D eigenvalue weighted by Gasteiger charge is 2.45. The van der Waals surface area contributed by atoms with Crippen LogP contribution in [-0.4, -0.2) is 56.4 Å². The molecule has 1 aromatic carbocycles. The Hall–Kier alpha value is -3.22. The Kier molecular flexibility index (Phi) is 8.17. The Bertz CT molecular complexity index is 1480. The summed E-state index contributed by atoms with van der Waals surface area (Å²) >= 11 is 13.2. The molecule has 0 spiro atoms. The molecule has 1 saturated heterocycles. The van der Waals surface area contributed by atoms with Crippen LogP contribution in [0.15, 0.2) is 22.7 Å². The summed E-state index contributed by atoms with van der Waals surface area (Å²) in [6.07, 6.45) is 0. The van der Waals surface area contributed by atoms with Crippen molar-refractivity contribution in [1.29, 1.82) is 0 Å². The average molecular weight is 612 g/mol. The quantitative estimate of drug-likeness (QED) is 0.337. The zero-order chi connectivity index (χ0) is 29.6. The number of anilines is 2. The van der Waals surface area contributed by atoms with Gasteiger partial charge in [-0.15, -0.1) is 11.3 Å². The van der Waals surface area contributed by atoms with Crippen molar-refractivity contribution >= 4 is 63.1 Å². The number of nitrogens with zero attached hydrogens (tertiary/aromatic N) is 4. The van der Waals surface area contributed by atoms with Crippen molar-refractivity contribution in [2.75, 3.05) is 23.7 Å². The zero-order valence-corrected chi connectivity index (χ0v) is 25.1. The molecule has 0 atom stereocenters. The highest BCUT2D eigenvalue weighted by atomic mass is 35.5. The van der Waals surface area contributed by atoms with Gasteiger partial charge in [-0.05, 0) is 44.4 Å². The highest BCUT2D eigenvalue weighted by molar-refractivity contribution is 7.16. The maximum absolute atomic E-state index is 13.9. The fourth-order valence-electron chi connectivity index (χ4n) is 4.21. The minimum Gasteiger partial charge on any atom is -0.337 e. The predicted molar refractivity (Wildman–Crippen MR) is 152 cm³/mol. The molecule has 1 aliphatic rings. The first-order valence-corrected chi connectivity index (χ1v) is 13.9. The minimum atomic E-state index is -1.19. The van der Waals surface area contributed by atoms with E-state index in [9.17, 15) is 18.8 Å². The molecule has 0 radical (unpaired) electrons. The SMILES string of the molecule is Cc1noc(CN2CCN(C(=O)c3cc(C(C)(C)C)sc3NC(=O)Nc3ccc(F)c(Cl)c3Cl)C(C)(C)C2=O)n1. The number of carbonyl (C=O) groups is 3. The Labute approximate surface area is 244 Å². The molecule has 2 aromatic heterocycles. The lowest BCUT2D eigenvalue weighted by Crippen LogP contribution is -2.64. The molecule has 3 aromatic rings. The third kappa shape index (κ3) is 5.93. The molecule has 1 aliphatic heterocycles. The molecule has 14 heteroatoms. The maximum atomic E-state index is 13.9. The number of hydrogen-bond donors (Lipinski definition) is 2. The third-order valence-corrected chi connectivity index (χ3v) is 8.77. The summed E-state index contributed by atoms with van der Waals surface area (Å²) in [4.78, 5) is 48.4. The molecular weight excluding hydrogens is 582 g/mol. The van der Waals surface area contributed by atoms with Gasteiger partial charge in [0.2, 0.25) is 11.8 Å². The van der Waals surface area contributed by atoms with Crippen LogP contribution in [0.3, 0.4) is 0 Å². The lowest BCUT2D eigenvalue weighted by Gasteiger charge is -2.45. The van der Waals surface area contributed by atoms with Gasteiger partial charge in [0.05, 0.1) is 21.3 Å². The summed E-state index contributed by atoms with van der Waals surface area (Å²) in [5, 5.41) is 8.85. The molecule has 0 aliphatic carbocycles. The van der Waals surface area contributed by atoms with Crippen LogP contribution in [0.25, 0.3) is 0 Å². The van der Waals surface area contributed by atoms with Crippen molar-refractivity contribution in [2.45, 2.75) is 59.0 Å². The van der Waals surface area contributed by atoms with E-state index in [-0.39, 0.29) is 52.3 Å². The van der Waals surface area contributed by atoms with E-state index >= 15 is 0 Å². The summed E-state index contributed by atoms with van der Waals surface area (Å²) < 4.78 is 18.8. The largest absolute Gasteiger partial charge is 0.337 e. The summed E-state index contributed by atoms with van der Waals surface area (Å²) in [6, 6.07) is 3.40. The van der Waals surface area contributed by atoms with Gasteiger partial charge in [-0.3, -0.25) is 14.9 Å². The summed E-state index contributed by atoms with van der Waals surface area (Å²) in [5.74, 6) is -0.616. The van der Waals surface area contributed by atoms with Crippen molar-refractivity contribution in [2.24, 2.45) is 0 Å². The number of benzene rings is 1. The number of aromatic nitrogens is 2. The predicted octanol–water partition coefficient (Wildman–Crippen LogP) is 6.09. The van der Waals surface area contributed by atoms with Crippen LogP contribution in [0.2, 0.25) is 10.0 Å². The van der Waals surface area contributed by atoms with Gasteiger partial charge in [0.1, 0.15) is 22.9 Å². The normalized spacial score (nSPS) is 15.4. The number of carbonyl (C=O) groups excluding carboxylic acids is 3. The van der Waals surface area contributed by atoms with E-state index in [1.165, 1.54) is 22.3 Å². The first kappa shape index (κ1) is 29.8. The fraction of sp³-hybridized carbons (Fsp3) is 0.423. The van der Waals surface area contributed by atoms with E-state index < -0.39 is 23.3 Å². The lowest BCUT2D eigenvalue weighted by atomic mass is 9.93. The third-order valence-electron chi connectivity index (χ3n) is 6.43. The van der Waals surface area contributed by atoms with Crippen molar-refractivity contribution in [3.63, 3.8) is 0 Å².